The molecule has 8 heteroatoms. The number of halogens is 1. The summed E-state index contributed by atoms with van der Waals surface area (Å²) in [6, 6.07) is 17.5. The normalized spacial score (nSPS) is 14.7. The van der Waals surface area contributed by atoms with Crippen molar-refractivity contribution < 1.29 is 28.4 Å². The van der Waals surface area contributed by atoms with Crippen LogP contribution in [0.5, 0.6) is 17.2 Å². The molecule has 0 amide bonds. The Bertz CT molecular complexity index is 1310. The van der Waals surface area contributed by atoms with Gasteiger partial charge in [-0.05, 0) is 91.6 Å². The Morgan fingerprint density at radius 2 is 1.63 bits per heavy atom. The summed E-state index contributed by atoms with van der Waals surface area (Å²) < 4.78 is 37.1. The van der Waals surface area contributed by atoms with Crippen LogP contribution in [0.1, 0.15) is 48.4 Å². The summed E-state index contributed by atoms with van der Waals surface area (Å²) in [5.74, 6) is 1.35. The van der Waals surface area contributed by atoms with Gasteiger partial charge < -0.3 is 29.0 Å². The number of phenols is 1. The molecule has 43 heavy (non-hydrogen) atoms. The Morgan fingerprint density at radius 1 is 0.884 bits per heavy atom. The van der Waals surface area contributed by atoms with Crippen LogP contribution in [0.3, 0.4) is 0 Å². The number of rotatable bonds is 16. The van der Waals surface area contributed by atoms with Crippen molar-refractivity contribution in [2.45, 2.75) is 51.6 Å². The lowest BCUT2D eigenvalue weighted by molar-refractivity contribution is 0.103. The van der Waals surface area contributed by atoms with Crippen molar-refractivity contribution in [3.8, 4) is 17.2 Å². The van der Waals surface area contributed by atoms with E-state index in [9.17, 15) is 5.11 Å². The van der Waals surface area contributed by atoms with E-state index in [-0.39, 0.29) is 17.6 Å². The smallest absolute Gasteiger partial charge is 0.165 e. The molecular weight excluding hydrogens is 547 g/mol. The summed E-state index contributed by atoms with van der Waals surface area (Å²) in [5.41, 5.74) is 5.75. The molecular formula is C35H47FN2O5. The predicted octanol–water partition coefficient (Wildman–Crippen LogP) is 6.20. The fourth-order valence-corrected chi connectivity index (χ4v) is 5.81. The highest BCUT2D eigenvalue weighted by Crippen LogP contribution is 2.40. The maximum atomic E-state index is 15.3. The van der Waals surface area contributed by atoms with Crippen LogP contribution >= 0.6 is 0 Å². The Labute approximate surface area is 256 Å². The molecule has 7 nitrogen and oxygen atoms in total. The Balaban J connectivity index is 1.49. The van der Waals surface area contributed by atoms with Crippen LogP contribution in [0.2, 0.25) is 0 Å². The molecule has 4 rings (SSSR count). The Morgan fingerprint density at radius 3 is 2.30 bits per heavy atom. The van der Waals surface area contributed by atoms with E-state index in [2.05, 4.69) is 35.8 Å². The number of aryl methyl sites for hydroxylation is 1. The van der Waals surface area contributed by atoms with Crippen molar-refractivity contribution in [1.29, 1.82) is 0 Å². The second-order valence-electron chi connectivity index (χ2n) is 11.5. The summed E-state index contributed by atoms with van der Waals surface area (Å²) >= 11 is 0. The highest BCUT2D eigenvalue weighted by molar-refractivity contribution is 5.60. The molecule has 0 aromatic heterocycles. The first kappa shape index (κ1) is 32.6. The van der Waals surface area contributed by atoms with Crippen LogP contribution < -0.4 is 14.4 Å². The van der Waals surface area contributed by atoms with E-state index in [0.29, 0.717) is 44.6 Å². The minimum absolute atomic E-state index is 0.169. The van der Waals surface area contributed by atoms with Crippen molar-refractivity contribution in [2.75, 3.05) is 65.7 Å². The van der Waals surface area contributed by atoms with Gasteiger partial charge >= 0.3 is 0 Å². The quantitative estimate of drug-likeness (QED) is 0.212. The lowest BCUT2D eigenvalue weighted by atomic mass is 9.79. The molecule has 0 bridgehead atoms. The molecule has 1 unspecified atom stereocenters. The molecule has 1 atom stereocenters. The van der Waals surface area contributed by atoms with E-state index in [1.54, 1.807) is 39.5 Å². The van der Waals surface area contributed by atoms with Crippen LogP contribution in [-0.4, -0.2) is 76.8 Å². The zero-order valence-electron chi connectivity index (χ0n) is 26.3. The van der Waals surface area contributed by atoms with Crippen molar-refractivity contribution >= 4 is 5.69 Å². The van der Waals surface area contributed by atoms with Gasteiger partial charge in [-0.15, -0.1) is 0 Å². The highest BCUT2D eigenvalue weighted by Gasteiger charge is 2.26. The van der Waals surface area contributed by atoms with Crippen molar-refractivity contribution in [2.24, 2.45) is 0 Å². The summed E-state index contributed by atoms with van der Waals surface area (Å²) in [6.07, 6.45) is 2.83. The zero-order chi connectivity index (χ0) is 30.8. The molecule has 0 fully saturated rings. The number of hydrogen-bond acceptors (Lipinski definition) is 7. The molecule has 234 valence electrons. The topological polar surface area (TPSA) is 63.6 Å². The number of fused-ring (bicyclic) bond motifs is 1. The third-order valence-electron chi connectivity index (χ3n) is 8.27. The van der Waals surface area contributed by atoms with Gasteiger partial charge in [-0.1, -0.05) is 18.2 Å². The van der Waals surface area contributed by atoms with E-state index in [0.717, 1.165) is 49.4 Å². The largest absolute Gasteiger partial charge is 0.508 e. The number of anilines is 1. The number of hydrogen-bond donors (Lipinski definition) is 1. The van der Waals surface area contributed by atoms with Gasteiger partial charge in [-0.3, -0.25) is 4.90 Å². The molecule has 0 heterocycles. The molecule has 1 aliphatic rings. The average Bonchev–Trinajstić information content (AvgIpc) is 3.01. The second-order valence-corrected chi connectivity index (χ2v) is 11.5. The minimum Gasteiger partial charge on any atom is -0.508 e. The number of ether oxygens (including phenoxy) is 4. The molecule has 0 radical (unpaired) electrons. The van der Waals surface area contributed by atoms with Crippen LogP contribution in [0.25, 0.3) is 0 Å². The first-order chi connectivity index (χ1) is 20.8. The first-order valence-corrected chi connectivity index (χ1v) is 15.2. The van der Waals surface area contributed by atoms with E-state index in [1.165, 1.54) is 16.7 Å². The van der Waals surface area contributed by atoms with E-state index >= 15 is 4.39 Å². The van der Waals surface area contributed by atoms with Gasteiger partial charge in [-0.25, -0.2) is 4.39 Å². The zero-order valence-corrected chi connectivity index (χ0v) is 26.3. The van der Waals surface area contributed by atoms with Crippen molar-refractivity contribution in [3.63, 3.8) is 0 Å². The number of benzene rings is 3. The van der Waals surface area contributed by atoms with Gasteiger partial charge in [0, 0.05) is 58.2 Å². The molecule has 3 aromatic carbocycles. The molecule has 1 aliphatic carbocycles. The average molecular weight is 595 g/mol. The third-order valence-corrected chi connectivity index (χ3v) is 8.27. The van der Waals surface area contributed by atoms with Crippen LogP contribution in [0, 0.1) is 5.82 Å². The Kier molecular flexibility index (Phi) is 12.1. The van der Waals surface area contributed by atoms with E-state index in [1.807, 2.05) is 24.3 Å². The van der Waals surface area contributed by atoms with Crippen molar-refractivity contribution in [1.82, 2.24) is 4.90 Å². The summed E-state index contributed by atoms with van der Waals surface area (Å²) in [6.45, 7) is 8.66. The highest BCUT2D eigenvalue weighted by atomic mass is 19.1. The number of phenolic OH excluding ortho intramolecular Hbond substituents is 1. The summed E-state index contributed by atoms with van der Waals surface area (Å²) in [5, 5.41) is 9.94. The summed E-state index contributed by atoms with van der Waals surface area (Å²) in [4.78, 5) is 4.50. The van der Waals surface area contributed by atoms with Gasteiger partial charge in [0.2, 0.25) is 0 Å². The number of methoxy groups -OCH3 is 3. The maximum absolute atomic E-state index is 15.3. The fraction of sp³-hybridized carbons (Fsp3) is 0.486. The first-order valence-electron chi connectivity index (χ1n) is 15.2. The molecule has 0 saturated heterocycles. The second kappa shape index (κ2) is 15.9. The monoisotopic (exact) mass is 594 g/mol. The molecule has 1 N–H and O–H groups in total. The fourth-order valence-electron chi connectivity index (χ4n) is 5.81. The standard InChI is InChI=1S/C35H47FN2O5/c1-25(2)38(24-26-6-13-35(33(36)20-26)43-19-16-37(14-17-40-3)15-18-41-4)34-23-31(42-5)11-12-32(34)29-8-7-28-22-30(39)10-9-27(28)21-29/h6,9-13,20,22-23,25,29,39H,7-8,14-19,21,24H2,1-5H3. The maximum Gasteiger partial charge on any atom is 0.165 e. The molecule has 0 aliphatic heterocycles. The van der Waals surface area contributed by atoms with Crippen molar-refractivity contribution in [3.05, 3.63) is 82.7 Å². The van der Waals surface area contributed by atoms with Crippen LogP contribution in [-0.2, 0) is 28.9 Å². The lowest BCUT2D eigenvalue weighted by Gasteiger charge is -2.35. The molecule has 0 spiro atoms. The Hall–Kier alpha value is -3.33. The van der Waals surface area contributed by atoms with E-state index in [4.69, 9.17) is 18.9 Å². The van der Waals surface area contributed by atoms with Gasteiger partial charge in [0.25, 0.3) is 0 Å². The molecule has 3 aromatic rings. The number of nitrogens with zero attached hydrogens (tertiary/aromatic N) is 2. The predicted molar refractivity (Wildman–Crippen MR) is 169 cm³/mol. The van der Waals surface area contributed by atoms with Gasteiger partial charge in [-0.2, -0.15) is 0 Å². The van der Waals surface area contributed by atoms with Gasteiger partial charge in [0.15, 0.2) is 11.6 Å². The van der Waals surface area contributed by atoms with Gasteiger partial charge in [0.1, 0.15) is 18.1 Å². The lowest BCUT2D eigenvalue weighted by Crippen LogP contribution is -2.34. The van der Waals surface area contributed by atoms with E-state index < -0.39 is 0 Å². The minimum atomic E-state index is -0.362. The third kappa shape index (κ3) is 8.85. The number of aromatic hydroxyl groups is 1. The molecule has 0 saturated carbocycles. The van der Waals surface area contributed by atoms with Crippen LogP contribution in [0.4, 0.5) is 10.1 Å². The summed E-state index contributed by atoms with van der Waals surface area (Å²) in [7, 11) is 5.05. The van der Waals surface area contributed by atoms with Crippen LogP contribution in [0.15, 0.2) is 54.6 Å². The SMILES string of the molecule is COCCN(CCOC)CCOc1ccc(CN(c2cc(OC)ccc2C2CCc3cc(O)ccc3C2)C(C)C)cc1F. The van der Waals surface area contributed by atoms with Gasteiger partial charge in [0.05, 0.1) is 20.3 Å².